The SMILES string of the molecule is NC1(CNC(=O)C23CC4CC(C(=O)N2)C3C4)CCCCCC1. The van der Waals surface area contributed by atoms with Crippen molar-refractivity contribution in [3.05, 3.63) is 0 Å². The van der Waals surface area contributed by atoms with E-state index in [1.54, 1.807) is 0 Å². The second-order valence-corrected chi connectivity index (χ2v) is 8.17. The van der Waals surface area contributed by atoms with Gasteiger partial charge in [0.2, 0.25) is 11.8 Å². The van der Waals surface area contributed by atoms with Crippen molar-refractivity contribution in [2.24, 2.45) is 23.5 Å². The topological polar surface area (TPSA) is 84.2 Å². The minimum atomic E-state index is -0.619. The smallest absolute Gasteiger partial charge is 0.246 e. The largest absolute Gasteiger partial charge is 0.352 e. The number of hydrogen-bond donors (Lipinski definition) is 3. The van der Waals surface area contributed by atoms with Gasteiger partial charge < -0.3 is 16.4 Å². The summed E-state index contributed by atoms with van der Waals surface area (Å²) in [4.78, 5) is 25.0. The number of carbonyl (C=O) groups is 2. The molecule has 4 rings (SSSR count). The Hall–Kier alpha value is -1.10. The van der Waals surface area contributed by atoms with Crippen LogP contribution in [0.25, 0.3) is 0 Å². The molecule has 4 N–H and O–H groups in total. The van der Waals surface area contributed by atoms with Gasteiger partial charge in [-0.05, 0) is 38.0 Å². The molecular weight excluding hydrogens is 278 g/mol. The van der Waals surface area contributed by atoms with E-state index >= 15 is 0 Å². The summed E-state index contributed by atoms with van der Waals surface area (Å²) in [6.45, 7) is 0.547. The van der Waals surface area contributed by atoms with Gasteiger partial charge in [0.15, 0.2) is 0 Å². The first-order chi connectivity index (χ1) is 10.5. The van der Waals surface area contributed by atoms with Crippen molar-refractivity contribution < 1.29 is 9.59 Å². The van der Waals surface area contributed by atoms with Crippen LogP contribution in [0.3, 0.4) is 0 Å². The Kier molecular flexibility index (Phi) is 3.26. The summed E-state index contributed by atoms with van der Waals surface area (Å²) in [6.07, 6.45) is 9.61. The molecule has 0 spiro atoms. The van der Waals surface area contributed by atoms with Crippen molar-refractivity contribution >= 4 is 11.8 Å². The lowest BCUT2D eigenvalue weighted by atomic mass is 9.78. The molecule has 122 valence electrons. The lowest BCUT2D eigenvalue weighted by Crippen LogP contribution is -2.60. The Morgan fingerprint density at radius 1 is 1.23 bits per heavy atom. The molecule has 2 amide bonds. The van der Waals surface area contributed by atoms with Gasteiger partial charge in [0.05, 0.1) is 0 Å². The van der Waals surface area contributed by atoms with Crippen molar-refractivity contribution in [1.82, 2.24) is 10.6 Å². The molecule has 1 heterocycles. The third-order valence-electron chi connectivity index (χ3n) is 6.69. The van der Waals surface area contributed by atoms with Gasteiger partial charge in [0.1, 0.15) is 5.54 Å². The Morgan fingerprint density at radius 2 is 1.95 bits per heavy atom. The molecule has 0 aromatic heterocycles. The van der Waals surface area contributed by atoms with Crippen LogP contribution >= 0.6 is 0 Å². The van der Waals surface area contributed by atoms with Crippen molar-refractivity contribution in [3.63, 3.8) is 0 Å². The lowest BCUT2D eigenvalue weighted by molar-refractivity contribution is -0.130. The maximum atomic E-state index is 12.8. The summed E-state index contributed by atoms with van der Waals surface area (Å²) in [7, 11) is 0. The van der Waals surface area contributed by atoms with Crippen molar-refractivity contribution in [1.29, 1.82) is 0 Å². The monoisotopic (exact) mass is 305 g/mol. The molecule has 5 nitrogen and oxygen atoms in total. The van der Waals surface area contributed by atoms with E-state index in [2.05, 4.69) is 10.6 Å². The molecule has 3 saturated carbocycles. The fourth-order valence-corrected chi connectivity index (χ4v) is 5.55. The van der Waals surface area contributed by atoms with Crippen molar-refractivity contribution in [2.45, 2.75) is 68.9 Å². The summed E-state index contributed by atoms with van der Waals surface area (Å²) >= 11 is 0. The van der Waals surface area contributed by atoms with Gasteiger partial charge in [-0.2, -0.15) is 0 Å². The van der Waals surface area contributed by atoms with E-state index in [1.807, 2.05) is 0 Å². The summed E-state index contributed by atoms with van der Waals surface area (Å²) < 4.78 is 0. The first-order valence-corrected chi connectivity index (χ1v) is 8.92. The average Bonchev–Trinajstić information content (AvgIpc) is 3.03. The number of fused-ring (bicyclic) bond motifs is 1. The van der Waals surface area contributed by atoms with Crippen LogP contribution in [0.5, 0.6) is 0 Å². The fraction of sp³-hybridized carbons (Fsp3) is 0.882. The van der Waals surface area contributed by atoms with Crippen LogP contribution in [-0.2, 0) is 9.59 Å². The Balaban J connectivity index is 1.43. The Labute approximate surface area is 131 Å². The van der Waals surface area contributed by atoms with Crippen LogP contribution in [0.4, 0.5) is 0 Å². The molecule has 4 aliphatic rings. The van der Waals surface area contributed by atoms with E-state index in [9.17, 15) is 9.59 Å². The minimum Gasteiger partial charge on any atom is -0.352 e. The molecule has 0 aromatic carbocycles. The number of hydrogen-bond acceptors (Lipinski definition) is 3. The second-order valence-electron chi connectivity index (χ2n) is 8.17. The molecule has 1 aliphatic heterocycles. The molecular formula is C17H27N3O2. The molecule has 0 aromatic rings. The quantitative estimate of drug-likeness (QED) is 0.682. The highest BCUT2D eigenvalue weighted by Gasteiger charge is 2.66. The fourth-order valence-electron chi connectivity index (χ4n) is 5.55. The molecule has 0 radical (unpaired) electrons. The predicted octanol–water partition coefficient (Wildman–Crippen LogP) is 1.07. The maximum Gasteiger partial charge on any atom is 0.246 e. The zero-order valence-electron chi connectivity index (χ0n) is 13.2. The van der Waals surface area contributed by atoms with E-state index in [0.717, 1.165) is 44.9 Å². The van der Waals surface area contributed by atoms with Gasteiger partial charge in [0.25, 0.3) is 0 Å². The van der Waals surface area contributed by atoms with E-state index in [-0.39, 0.29) is 29.2 Å². The lowest BCUT2D eigenvalue weighted by Gasteiger charge is -2.34. The average molecular weight is 305 g/mol. The van der Waals surface area contributed by atoms with E-state index in [0.29, 0.717) is 12.5 Å². The molecule has 5 heteroatoms. The third kappa shape index (κ3) is 2.08. The van der Waals surface area contributed by atoms with Gasteiger partial charge in [0, 0.05) is 23.9 Å². The summed E-state index contributed by atoms with van der Waals surface area (Å²) in [6, 6.07) is 0. The Morgan fingerprint density at radius 3 is 2.64 bits per heavy atom. The van der Waals surface area contributed by atoms with Crippen LogP contribution < -0.4 is 16.4 Å². The zero-order valence-corrected chi connectivity index (χ0v) is 13.2. The highest BCUT2D eigenvalue weighted by atomic mass is 16.2. The van der Waals surface area contributed by atoms with E-state index < -0.39 is 5.54 Å². The van der Waals surface area contributed by atoms with Crippen LogP contribution in [-0.4, -0.2) is 29.4 Å². The predicted molar refractivity (Wildman–Crippen MR) is 82.8 cm³/mol. The van der Waals surface area contributed by atoms with Gasteiger partial charge in [-0.15, -0.1) is 0 Å². The van der Waals surface area contributed by atoms with E-state index in [1.165, 1.54) is 12.8 Å². The molecule has 1 saturated heterocycles. The molecule has 2 bridgehead atoms. The first-order valence-electron chi connectivity index (χ1n) is 8.92. The van der Waals surface area contributed by atoms with Crippen molar-refractivity contribution in [3.8, 4) is 0 Å². The highest BCUT2D eigenvalue weighted by molar-refractivity contribution is 5.97. The molecule has 4 unspecified atom stereocenters. The maximum absolute atomic E-state index is 12.8. The van der Waals surface area contributed by atoms with E-state index in [4.69, 9.17) is 5.73 Å². The van der Waals surface area contributed by atoms with Gasteiger partial charge in [-0.1, -0.05) is 25.7 Å². The zero-order chi connectivity index (χ0) is 15.4. The summed E-state index contributed by atoms with van der Waals surface area (Å²) in [5.74, 6) is 0.952. The van der Waals surface area contributed by atoms with Crippen LogP contribution in [0, 0.1) is 17.8 Å². The molecule has 4 atom stereocenters. The number of nitrogens with one attached hydrogen (secondary N) is 2. The first kappa shape index (κ1) is 14.5. The number of nitrogens with two attached hydrogens (primary N) is 1. The second kappa shape index (κ2) is 4.95. The highest BCUT2D eigenvalue weighted by Crippen LogP contribution is 2.57. The normalized spacial score (nSPS) is 42.0. The Bertz CT molecular complexity index is 498. The molecule has 3 aliphatic carbocycles. The van der Waals surface area contributed by atoms with Gasteiger partial charge >= 0.3 is 0 Å². The van der Waals surface area contributed by atoms with Crippen LogP contribution in [0.15, 0.2) is 0 Å². The summed E-state index contributed by atoms with van der Waals surface area (Å²) in [5.41, 5.74) is 5.62. The van der Waals surface area contributed by atoms with Gasteiger partial charge in [-0.3, -0.25) is 9.59 Å². The number of rotatable bonds is 3. The van der Waals surface area contributed by atoms with Crippen LogP contribution in [0.2, 0.25) is 0 Å². The number of carbonyl (C=O) groups excluding carboxylic acids is 2. The van der Waals surface area contributed by atoms with Gasteiger partial charge in [-0.25, -0.2) is 0 Å². The minimum absolute atomic E-state index is 0.0182. The van der Waals surface area contributed by atoms with Crippen molar-refractivity contribution in [2.75, 3.05) is 6.54 Å². The van der Waals surface area contributed by atoms with Crippen LogP contribution in [0.1, 0.15) is 57.8 Å². The standard InChI is InChI=1S/C17H27N3O2/c18-16(5-3-1-2-4-6-16)10-19-15(22)17-9-11-7-12(13(17)8-11)14(21)20-17/h11-13H,1-10,18H2,(H,19,22)(H,20,21). The third-order valence-corrected chi connectivity index (χ3v) is 6.69. The number of amides is 2. The molecule has 22 heavy (non-hydrogen) atoms. The molecule has 4 fully saturated rings. The summed E-state index contributed by atoms with van der Waals surface area (Å²) in [5, 5.41) is 6.15.